The van der Waals surface area contributed by atoms with Crippen LogP contribution in [0.2, 0.25) is 0 Å². The van der Waals surface area contributed by atoms with Gasteiger partial charge in [0.25, 0.3) is 0 Å². The standard InChI is InChI=1S/C17H17N3S/c1-12-7-8-19-15(9-12)14(18)10-17-20-16(11-21-17)13-5-3-2-4-6-13/h2-9,11,14H,10,18H2,1H3. The van der Waals surface area contributed by atoms with Crippen LogP contribution in [-0.2, 0) is 6.42 Å². The van der Waals surface area contributed by atoms with Crippen LogP contribution in [0.25, 0.3) is 11.3 Å². The van der Waals surface area contributed by atoms with Gasteiger partial charge in [-0.2, -0.15) is 0 Å². The molecule has 0 aliphatic heterocycles. The van der Waals surface area contributed by atoms with Gasteiger partial charge in [0.2, 0.25) is 0 Å². The Morgan fingerprint density at radius 1 is 1.19 bits per heavy atom. The SMILES string of the molecule is Cc1ccnc(C(N)Cc2nc(-c3ccccc3)cs2)c1. The first-order chi connectivity index (χ1) is 10.2. The summed E-state index contributed by atoms with van der Waals surface area (Å²) in [6, 6.07) is 14.1. The molecule has 0 aliphatic carbocycles. The van der Waals surface area contributed by atoms with Crippen LogP contribution in [-0.4, -0.2) is 9.97 Å². The van der Waals surface area contributed by atoms with Crippen LogP contribution >= 0.6 is 11.3 Å². The van der Waals surface area contributed by atoms with Crippen LogP contribution in [0, 0.1) is 6.92 Å². The van der Waals surface area contributed by atoms with Gasteiger partial charge in [-0.15, -0.1) is 11.3 Å². The lowest BCUT2D eigenvalue weighted by molar-refractivity contribution is 0.692. The number of hydrogen-bond acceptors (Lipinski definition) is 4. The van der Waals surface area contributed by atoms with Crippen LogP contribution in [0.5, 0.6) is 0 Å². The van der Waals surface area contributed by atoms with Gasteiger partial charge in [0.05, 0.1) is 22.4 Å². The molecule has 0 aliphatic rings. The Hall–Kier alpha value is -2.04. The summed E-state index contributed by atoms with van der Waals surface area (Å²) >= 11 is 1.65. The lowest BCUT2D eigenvalue weighted by atomic mass is 10.1. The van der Waals surface area contributed by atoms with E-state index in [-0.39, 0.29) is 6.04 Å². The summed E-state index contributed by atoms with van der Waals surface area (Å²) in [6.07, 6.45) is 2.52. The Morgan fingerprint density at radius 2 is 2.00 bits per heavy atom. The van der Waals surface area contributed by atoms with Crippen LogP contribution < -0.4 is 5.73 Å². The molecular formula is C17H17N3S. The Bertz CT molecular complexity index is 722. The van der Waals surface area contributed by atoms with Gasteiger partial charge in [0, 0.05) is 23.6 Å². The molecule has 1 atom stereocenters. The molecule has 2 N–H and O–H groups in total. The highest BCUT2D eigenvalue weighted by Gasteiger charge is 2.12. The molecule has 2 aromatic heterocycles. The summed E-state index contributed by atoms with van der Waals surface area (Å²) in [6.45, 7) is 2.05. The summed E-state index contributed by atoms with van der Waals surface area (Å²) in [4.78, 5) is 9.03. The Kier molecular flexibility index (Phi) is 4.08. The fraction of sp³-hybridized carbons (Fsp3) is 0.176. The zero-order chi connectivity index (χ0) is 14.7. The van der Waals surface area contributed by atoms with Crippen molar-refractivity contribution in [2.75, 3.05) is 0 Å². The average molecular weight is 295 g/mol. The molecule has 0 amide bonds. The Morgan fingerprint density at radius 3 is 2.76 bits per heavy atom. The summed E-state index contributed by atoms with van der Waals surface area (Å²) in [5, 5.41) is 3.13. The van der Waals surface area contributed by atoms with Crippen molar-refractivity contribution in [3.63, 3.8) is 0 Å². The minimum Gasteiger partial charge on any atom is -0.322 e. The third-order valence-electron chi connectivity index (χ3n) is 3.33. The molecular weight excluding hydrogens is 278 g/mol. The number of pyridine rings is 1. The van der Waals surface area contributed by atoms with Crippen molar-refractivity contribution in [2.24, 2.45) is 5.73 Å². The monoisotopic (exact) mass is 295 g/mol. The molecule has 3 nitrogen and oxygen atoms in total. The van der Waals surface area contributed by atoms with E-state index in [0.29, 0.717) is 6.42 Å². The Balaban J connectivity index is 1.75. The number of thiazole rings is 1. The van der Waals surface area contributed by atoms with E-state index >= 15 is 0 Å². The van der Waals surface area contributed by atoms with Crippen molar-refractivity contribution in [1.82, 2.24) is 9.97 Å². The van der Waals surface area contributed by atoms with Gasteiger partial charge >= 0.3 is 0 Å². The number of nitrogens with zero attached hydrogens (tertiary/aromatic N) is 2. The molecule has 0 bridgehead atoms. The van der Waals surface area contributed by atoms with E-state index in [9.17, 15) is 0 Å². The number of nitrogens with two attached hydrogens (primary N) is 1. The van der Waals surface area contributed by atoms with Crippen molar-refractivity contribution >= 4 is 11.3 Å². The van der Waals surface area contributed by atoms with Gasteiger partial charge in [-0.1, -0.05) is 30.3 Å². The predicted molar refractivity (Wildman–Crippen MR) is 87.2 cm³/mol. The quantitative estimate of drug-likeness (QED) is 0.797. The predicted octanol–water partition coefficient (Wildman–Crippen LogP) is 3.76. The molecule has 0 fully saturated rings. The number of aryl methyl sites for hydroxylation is 1. The first-order valence-electron chi connectivity index (χ1n) is 6.90. The molecule has 1 unspecified atom stereocenters. The minimum absolute atomic E-state index is 0.111. The van der Waals surface area contributed by atoms with E-state index in [0.717, 1.165) is 22.0 Å². The second kappa shape index (κ2) is 6.16. The smallest absolute Gasteiger partial charge is 0.0952 e. The fourth-order valence-corrected chi connectivity index (χ4v) is 3.06. The van der Waals surface area contributed by atoms with Crippen LogP contribution in [0.15, 0.2) is 54.0 Å². The van der Waals surface area contributed by atoms with E-state index in [1.54, 1.807) is 11.3 Å². The molecule has 0 spiro atoms. The van der Waals surface area contributed by atoms with Gasteiger partial charge < -0.3 is 5.73 Å². The third-order valence-corrected chi connectivity index (χ3v) is 4.20. The van der Waals surface area contributed by atoms with Gasteiger partial charge in [-0.05, 0) is 24.6 Å². The lowest BCUT2D eigenvalue weighted by Gasteiger charge is -2.09. The largest absolute Gasteiger partial charge is 0.322 e. The minimum atomic E-state index is -0.111. The molecule has 2 heterocycles. The van der Waals surface area contributed by atoms with Crippen molar-refractivity contribution < 1.29 is 0 Å². The van der Waals surface area contributed by atoms with Crippen molar-refractivity contribution in [3.8, 4) is 11.3 Å². The highest BCUT2D eigenvalue weighted by molar-refractivity contribution is 7.09. The molecule has 1 aromatic carbocycles. The summed E-state index contributed by atoms with van der Waals surface area (Å²) in [5.74, 6) is 0. The zero-order valence-electron chi connectivity index (χ0n) is 11.9. The van der Waals surface area contributed by atoms with E-state index in [1.165, 1.54) is 5.56 Å². The Labute approximate surface area is 128 Å². The number of rotatable bonds is 4. The van der Waals surface area contributed by atoms with Gasteiger partial charge in [-0.3, -0.25) is 4.98 Å². The molecule has 21 heavy (non-hydrogen) atoms. The maximum absolute atomic E-state index is 6.25. The molecule has 4 heteroatoms. The lowest BCUT2D eigenvalue weighted by Crippen LogP contribution is -2.14. The summed E-state index contributed by atoms with van der Waals surface area (Å²) in [7, 11) is 0. The maximum Gasteiger partial charge on any atom is 0.0952 e. The summed E-state index contributed by atoms with van der Waals surface area (Å²) < 4.78 is 0. The highest BCUT2D eigenvalue weighted by atomic mass is 32.1. The van der Waals surface area contributed by atoms with E-state index in [4.69, 9.17) is 5.73 Å². The normalized spacial score (nSPS) is 12.3. The van der Waals surface area contributed by atoms with Crippen molar-refractivity contribution in [2.45, 2.75) is 19.4 Å². The molecule has 3 aromatic rings. The first kappa shape index (κ1) is 13.9. The second-order valence-electron chi connectivity index (χ2n) is 5.06. The van der Waals surface area contributed by atoms with Crippen LogP contribution in [0.3, 0.4) is 0 Å². The molecule has 0 saturated heterocycles. The van der Waals surface area contributed by atoms with Gasteiger partial charge in [0.1, 0.15) is 0 Å². The molecule has 3 rings (SSSR count). The van der Waals surface area contributed by atoms with E-state index in [2.05, 4.69) is 34.4 Å². The van der Waals surface area contributed by atoms with Crippen LogP contribution in [0.4, 0.5) is 0 Å². The highest BCUT2D eigenvalue weighted by Crippen LogP contribution is 2.24. The molecule has 0 radical (unpaired) electrons. The summed E-state index contributed by atoms with van der Waals surface area (Å²) in [5.41, 5.74) is 10.5. The fourth-order valence-electron chi connectivity index (χ4n) is 2.20. The number of benzene rings is 1. The second-order valence-corrected chi connectivity index (χ2v) is 6.00. The molecule has 106 valence electrons. The average Bonchev–Trinajstić information content (AvgIpc) is 2.97. The number of hydrogen-bond donors (Lipinski definition) is 1. The number of aromatic nitrogens is 2. The first-order valence-corrected chi connectivity index (χ1v) is 7.78. The van der Waals surface area contributed by atoms with Crippen molar-refractivity contribution in [3.05, 3.63) is 70.3 Å². The zero-order valence-corrected chi connectivity index (χ0v) is 12.7. The van der Waals surface area contributed by atoms with Crippen molar-refractivity contribution in [1.29, 1.82) is 0 Å². The van der Waals surface area contributed by atoms with Gasteiger partial charge in [-0.25, -0.2) is 4.98 Å². The maximum atomic E-state index is 6.25. The topological polar surface area (TPSA) is 51.8 Å². The van der Waals surface area contributed by atoms with E-state index in [1.807, 2.05) is 36.5 Å². The van der Waals surface area contributed by atoms with Crippen LogP contribution in [0.1, 0.15) is 22.3 Å². The molecule has 0 saturated carbocycles. The van der Waals surface area contributed by atoms with E-state index < -0.39 is 0 Å². The third kappa shape index (κ3) is 3.35. The van der Waals surface area contributed by atoms with Gasteiger partial charge in [0.15, 0.2) is 0 Å².